The van der Waals surface area contributed by atoms with Gasteiger partial charge in [-0.1, -0.05) is 0 Å². The first kappa shape index (κ1) is 31.8. The zero-order chi connectivity index (χ0) is 36.3. The van der Waals surface area contributed by atoms with E-state index in [9.17, 15) is 0 Å². The molecule has 0 aliphatic rings. The molecular formula is C51H31N3Se. The van der Waals surface area contributed by atoms with Crippen molar-refractivity contribution < 1.29 is 0 Å². The fraction of sp³-hybridized carbons (Fsp3) is 0. The van der Waals surface area contributed by atoms with E-state index in [1.54, 1.807) is 0 Å². The third kappa shape index (κ3) is 5.30. The summed E-state index contributed by atoms with van der Waals surface area (Å²) in [5.41, 5.74) is 8.04. The number of aromatic nitrogens is 3. The van der Waals surface area contributed by atoms with Gasteiger partial charge < -0.3 is 0 Å². The van der Waals surface area contributed by atoms with Crippen LogP contribution in [0.15, 0.2) is 188 Å². The Balaban J connectivity index is 1.15. The van der Waals surface area contributed by atoms with Crippen LogP contribution >= 0.6 is 0 Å². The van der Waals surface area contributed by atoms with Gasteiger partial charge in [0, 0.05) is 0 Å². The van der Waals surface area contributed by atoms with Gasteiger partial charge >= 0.3 is 326 Å². The van der Waals surface area contributed by atoms with Gasteiger partial charge in [-0.3, -0.25) is 0 Å². The van der Waals surface area contributed by atoms with Crippen molar-refractivity contribution in [2.75, 3.05) is 0 Å². The summed E-state index contributed by atoms with van der Waals surface area (Å²) in [7, 11) is 0. The zero-order valence-electron chi connectivity index (χ0n) is 29.6. The SMILES string of the molecule is c1ccc(-c2nc(-c3ccccc3)nc(-c3cccc4c3[se]c3c(-c5ccccc5-c5cc6ccccc6c6ccc7ccccc7c56)cccc34)n2)cc1. The first-order valence-corrected chi connectivity index (χ1v) is 20.2. The quantitative estimate of drug-likeness (QED) is 0.129. The molecule has 4 heteroatoms. The van der Waals surface area contributed by atoms with Crippen LogP contribution in [-0.2, 0) is 0 Å². The molecule has 0 N–H and O–H groups in total. The molecule has 0 unspecified atom stereocenters. The van der Waals surface area contributed by atoms with Crippen LogP contribution < -0.4 is 0 Å². The van der Waals surface area contributed by atoms with Crippen molar-refractivity contribution in [2.45, 2.75) is 0 Å². The van der Waals surface area contributed by atoms with Crippen LogP contribution in [0.25, 0.3) is 108 Å². The Bertz CT molecular complexity index is 3200. The molecule has 9 aromatic carbocycles. The van der Waals surface area contributed by atoms with Crippen LogP contribution in [0.4, 0.5) is 0 Å². The van der Waals surface area contributed by atoms with Crippen LogP contribution in [0.5, 0.6) is 0 Å². The van der Waals surface area contributed by atoms with E-state index in [-0.39, 0.29) is 14.5 Å². The molecule has 0 atom stereocenters. The van der Waals surface area contributed by atoms with E-state index in [0.717, 1.165) is 16.7 Å². The van der Waals surface area contributed by atoms with Gasteiger partial charge in [0.2, 0.25) is 0 Å². The third-order valence-electron chi connectivity index (χ3n) is 10.7. The second-order valence-corrected chi connectivity index (χ2v) is 16.0. The molecule has 2 heterocycles. The van der Waals surface area contributed by atoms with Gasteiger partial charge in [0.15, 0.2) is 0 Å². The number of hydrogen-bond donors (Lipinski definition) is 0. The molecule has 0 saturated carbocycles. The Kier molecular flexibility index (Phi) is 7.51. The van der Waals surface area contributed by atoms with Gasteiger partial charge in [0.25, 0.3) is 0 Å². The van der Waals surface area contributed by atoms with E-state index in [1.807, 2.05) is 36.4 Å². The summed E-state index contributed by atoms with van der Waals surface area (Å²) in [6.07, 6.45) is 0. The fourth-order valence-electron chi connectivity index (χ4n) is 8.18. The molecule has 0 aliphatic carbocycles. The number of rotatable bonds is 5. The molecular weight excluding hydrogens is 734 g/mol. The Hall–Kier alpha value is -6.71. The van der Waals surface area contributed by atoms with Crippen molar-refractivity contribution in [1.29, 1.82) is 0 Å². The molecule has 11 aromatic rings. The van der Waals surface area contributed by atoms with Crippen LogP contribution in [0.3, 0.4) is 0 Å². The van der Waals surface area contributed by atoms with E-state index < -0.39 is 0 Å². The molecule has 0 amide bonds. The maximum absolute atomic E-state index is 5.14. The molecule has 55 heavy (non-hydrogen) atoms. The first-order valence-electron chi connectivity index (χ1n) is 18.5. The second-order valence-electron chi connectivity index (χ2n) is 13.9. The number of nitrogens with zero attached hydrogens (tertiary/aromatic N) is 3. The molecule has 0 bridgehead atoms. The van der Waals surface area contributed by atoms with Gasteiger partial charge in [0.1, 0.15) is 0 Å². The predicted octanol–water partition coefficient (Wildman–Crippen LogP) is 13.0. The summed E-state index contributed by atoms with van der Waals surface area (Å²) in [6, 6.07) is 67.4. The van der Waals surface area contributed by atoms with E-state index in [2.05, 4.69) is 152 Å². The summed E-state index contributed by atoms with van der Waals surface area (Å²) in [6.45, 7) is 0. The molecule has 3 nitrogen and oxygen atoms in total. The van der Waals surface area contributed by atoms with Gasteiger partial charge in [-0.15, -0.1) is 0 Å². The fourth-order valence-corrected chi connectivity index (χ4v) is 11.0. The van der Waals surface area contributed by atoms with E-state index in [1.165, 1.54) is 73.9 Å². The van der Waals surface area contributed by atoms with E-state index in [0.29, 0.717) is 17.5 Å². The van der Waals surface area contributed by atoms with Gasteiger partial charge in [-0.05, 0) is 0 Å². The van der Waals surface area contributed by atoms with Gasteiger partial charge in [-0.2, -0.15) is 0 Å². The van der Waals surface area contributed by atoms with Crippen LogP contribution in [-0.4, -0.2) is 29.5 Å². The number of benzene rings is 9. The molecule has 2 aromatic heterocycles. The molecule has 0 saturated heterocycles. The third-order valence-corrected chi connectivity index (χ3v) is 13.4. The topological polar surface area (TPSA) is 38.7 Å². The van der Waals surface area contributed by atoms with Crippen LogP contribution in [0.2, 0.25) is 0 Å². The zero-order valence-corrected chi connectivity index (χ0v) is 31.4. The summed E-state index contributed by atoms with van der Waals surface area (Å²) in [4.78, 5) is 15.2. The maximum atomic E-state index is 5.14. The van der Waals surface area contributed by atoms with Crippen molar-refractivity contribution in [3.05, 3.63) is 188 Å². The summed E-state index contributed by atoms with van der Waals surface area (Å²) < 4.78 is 2.70. The molecule has 0 fully saturated rings. The van der Waals surface area contributed by atoms with Crippen molar-refractivity contribution in [3.63, 3.8) is 0 Å². The number of hydrogen-bond acceptors (Lipinski definition) is 3. The molecule has 256 valence electrons. The van der Waals surface area contributed by atoms with Crippen LogP contribution in [0, 0.1) is 0 Å². The summed E-state index contributed by atoms with van der Waals surface area (Å²) >= 11 is -0.00440. The first-order chi connectivity index (χ1) is 27.3. The predicted molar refractivity (Wildman–Crippen MR) is 231 cm³/mol. The molecule has 0 radical (unpaired) electrons. The Morgan fingerprint density at radius 2 is 0.782 bits per heavy atom. The van der Waals surface area contributed by atoms with E-state index >= 15 is 0 Å². The molecule has 0 aliphatic heterocycles. The summed E-state index contributed by atoms with van der Waals surface area (Å²) in [5.74, 6) is 2.06. The van der Waals surface area contributed by atoms with Crippen molar-refractivity contribution in [2.24, 2.45) is 0 Å². The van der Waals surface area contributed by atoms with E-state index in [4.69, 9.17) is 15.0 Å². The van der Waals surface area contributed by atoms with Crippen LogP contribution in [0.1, 0.15) is 0 Å². The Morgan fingerprint density at radius 1 is 0.291 bits per heavy atom. The van der Waals surface area contributed by atoms with Gasteiger partial charge in [-0.25, -0.2) is 0 Å². The second kappa shape index (κ2) is 13.0. The average Bonchev–Trinajstić information content (AvgIpc) is 3.66. The van der Waals surface area contributed by atoms with Gasteiger partial charge in [0.05, 0.1) is 0 Å². The minimum absolute atomic E-state index is 0.00440. The van der Waals surface area contributed by atoms with Crippen molar-refractivity contribution >= 4 is 66.1 Å². The Morgan fingerprint density at radius 3 is 1.47 bits per heavy atom. The normalized spacial score (nSPS) is 11.6. The number of fused-ring (bicyclic) bond motifs is 8. The van der Waals surface area contributed by atoms with Crippen molar-refractivity contribution in [3.8, 4) is 56.4 Å². The summed E-state index contributed by atoms with van der Waals surface area (Å²) in [5, 5.41) is 10.2. The minimum atomic E-state index is -0.00440. The molecule has 11 rings (SSSR count). The monoisotopic (exact) mass is 765 g/mol. The standard InChI is InChI=1S/C51H31N3Se/c1-3-16-33(17-4-1)49-52-50(34-18-5-2-6-19-34)54-51(53-49)44-28-14-27-43-42-26-13-25-41(47(42)55-48(43)44)38-23-11-12-24-39(38)45-31-35-20-8-9-21-36(35)40-30-29-32-15-7-10-22-37(32)46(40)45/h1-31H. The average molecular weight is 765 g/mol. The van der Waals surface area contributed by atoms with Crippen molar-refractivity contribution in [1.82, 2.24) is 15.0 Å². The molecule has 0 spiro atoms. The Labute approximate surface area is 324 Å².